The molecule has 0 amide bonds. The Labute approximate surface area is 744 Å². The van der Waals surface area contributed by atoms with Gasteiger partial charge in [0, 0.05) is 25.7 Å². The predicted molar refractivity (Wildman–Crippen MR) is 481 cm³/mol. The smallest absolute Gasteiger partial charge is 0.463 e. The van der Waals surface area contributed by atoms with Gasteiger partial charge in [0.15, 0.2) is 24.8 Å². The molecule has 0 spiro atoms. The van der Waals surface area contributed by atoms with Crippen molar-refractivity contribution < 1.29 is 122 Å². The quantitative estimate of drug-likeness (QED) is 0.0117. The van der Waals surface area contributed by atoms with E-state index in [-0.39, 0.29) is 25.7 Å². The Morgan fingerprint density at radius 3 is 0.967 bits per heavy atom. The van der Waals surface area contributed by atoms with E-state index in [2.05, 4.69) is 48.5 Å². The number of aliphatic hydroxyl groups excluding tert-OH is 9. The van der Waals surface area contributed by atoms with E-state index in [1.165, 1.54) is 212 Å². The summed E-state index contributed by atoms with van der Waals surface area (Å²) in [4.78, 5) is 66.8. The van der Waals surface area contributed by atoms with Crippen LogP contribution in [0.4, 0.5) is 0 Å². The van der Waals surface area contributed by atoms with Crippen molar-refractivity contribution in [1.29, 1.82) is 0 Å². The van der Waals surface area contributed by atoms with Crippen LogP contribution < -0.4 is 0 Å². The second kappa shape index (κ2) is 73.1. The molecule has 25 nitrogen and oxygen atoms in total. The van der Waals surface area contributed by atoms with Crippen LogP contribution in [0, 0.1) is 17.8 Å². The van der Waals surface area contributed by atoms with Crippen LogP contribution in [0.5, 0.6) is 0 Å². The van der Waals surface area contributed by atoms with Crippen molar-refractivity contribution in [2.24, 2.45) is 17.8 Å². The standard InChI is InChI=1S/C97H183O25P/c1-8-12-16-20-24-25-26-27-28-29-30-31-32-33-48-59-69-83(102)119-92-88(107)89(108)93(120-96-90(109)86(105)84(103)78(70-98)117-96)95(94(92)121-97-91(110)87(106)85(104)79(118-97)73-114-81(100)67-57-47-38-35-44-54-64-75(6)61-51-41-22-18-14-10-3)122-123(111,112)115-72-77(116-82(101)68-58-49-39-36-45-55-65-76(7)62-52-42-23-19-15-11-4)71-113-80(99)66-56-46-37-34-43-53-63-74(5)60-50-40-21-17-13-9-2/h74-79,84-98,103-110H,8-73H2,1-7H3,(H,111,112). The summed E-state index contributed by atoms with van der Waals surface area (Å²) in [6, 6.07) is 0. The number of aliphatic hydroxyl groups is 9. The summed E-state index contributed by atoms with van der Waals surface area (Å²) in [5.74, 6) is -0.902. The lowest BCUT2D eigenvalue weighted by Crippen LogP contribution is -2.70. The number of carbonyl (C=O) groups is 4. The normalized spacial score (nSPS) is 25.1. The summed E-state index contributed by atoms with van der Waals surface area (Å²) in [5, 5.41) is 103. The van der Waals surface area contributed by atoms with E-state index in [1.807, 2.05) is 0 Å². The van der Waals surface area contributed by atoms with Gasteiger partial charge in [-0.05, 0) is 43.4 Å². The van der Waals surface area contributed by atoms with Crippen LogP contribution >= 0.6 is 7.82 Å². The minimum atomic E-state index is -5.81. The molecule has 21 atom stereocenters. The Hall–Kier alpha value is -2.53. The molecule has 26 heteroatoms. The zero-order valence-electron chi connectivity index (χ0n) is 78.3. The van der Waals surface area contributed by atoms with Gasteiger partial charge in [-0.1, -0.05) is 395 Å². The topological polar surface area (TPSA) is 380 Å². The average molecular weight is 1780 g/mol. The lowest BCUT2D eigenvalue weighted by atomic mass is 9.84. The molecule has 2 aliphatic heterocycles. The zero-order valence-corrected chi connectivity index (χ0v) is 79.2. The van der Waals surface area contributed by atoms with E-state index in [1.54, 1.807) is 0 Å². The van der Waals surface area contributed by atoms with Crippen molar-refractivity contribution in [3.8, 4) is 0 Å². The molecule has 3 rings (SSSR count). The van der Waals surface area contributed by atoms with Gasteiger partial charge in [-0.15, -0.1) is 0 Å². The van der Waals surface area contributed by atoms with E-state index in [4.69, 9.17) is 46.9 Å². The molecule has 0 bridgehead atoms. The van der Waals surface area contributed by atoms with E-state index in [9.17, 15) is 74.6 Å². The highest BCUT2D eigenvalue weighted by Gasteiger charge is 2.60. The van der Waals surface area contributed by atoms with Gasteiger partial charge in [0.25, 0.3) is 0 Å². The number of esters is 4. The van der Waals surface area contributed by atoms with Crippen LogP contribution in [0.3, 0.4) is 0 Å². The number of rotatable bonds is 81. The minimum absolute atomic E-state index is 0.0166. The fraction of sp³-hybridized carbons (Fsp3) is 0.959. The van der Waals surface area contributed by atoms with Crippen LogP contribution in [0.15, 0.2) is 0 Å². The molecule has 0 radical (unpaired) electrons. The fourth-order valence-electron chi connectivity index (χ4n) is 17.3. The molecule has 123 heavy (non-hydrogen) atoms. The zero-order chi connectivity index (χ0) is 90.1. The summed E-state index contributed by atoms with van der Waals surface area (Å²) >= 11 is 0. The number of ether oxygens (including phenoxy) is 8. The highest BCUT2D eigenvalue weighted by atomic mass is 31.2. The van der Waals surface area contributed by atoms with Crippen molar-refractivity contribution in [2.75, 3.05) is 26.4 Å². The maximum absolute atomic E-state index is 15.0. The maximum Gasteiger partial charge on any atom is 0.472 e. The van der Waals surface area contributed by atoms with Gasteiger partial charge in [-0.25, -0.2) is 4.57 Å². The number of hydrogen-bond donors (Lipinski definition) is 10. The molecule has 0 aromatic rings. The molecule has 3 fully saturated rings. The SMILES string of the molecule is CCCCCCCCCCCCCCCCCCC(=O)OC1C(O)C(O)C(OC2OC(CO)C(O)C(O)C2O)C(OP(=O)(O)OCC(COC(=O)CCCCCCCCC(C)CCCCCCCC)OC(=O)CCCCCCCCC(C)CCCCCCCC)C1OC1OC(COC(=O)CCCCCCCCC(C)CCCCCCCC)C(O)C(O)C1O. The number of carbonyl (C=O) groups excluding carboxylic acids is 4. The first-order chi connectivity index (χ1) is 59.4. The Morgan fingerprint density at radius 2 is 0.610 bits per heavy atom. The molecule has 726 valence electrons. The molecule has 0 aromatic heterocycles. The van der Waals surface area contributed by atoms with Crippen LogP contribution in [0.25, 0.3) is 0 Å². The first-order valence-electron chi connectivity index (χ1n) is 50.4. The monoisotopic (exact) mass is 1780 g/mol. The molecule has 1 aliphatic carbocycles. The maximum atomic E-state index is 15.0. The van der Waals surface area contributed by atoms with Gasteiger partial charge >= 0.3 is 31.7 Å². The molecule has 21 unspecified atom stereocenters. The first-order valence-corrected chi connectivity index (χ1v) is 51.9. The Balaban J connectivity index is 1.92. The average Bonchev–Trinajstić information content (AvgIpc) is 0.754. The summed E-state index contributed by atoms with van der Waals surface area (Å²) < 4.78 is 73.8. The van der Waals surface area contributed by atoms with Crippen LogP contribution in [0.2, 0.25) is 0 Å². The Bertz CT molecular complexity index is 2590. The molecular formula is C97H183O25P. The van der Waals surface area contributed by atoms with E-state index >= 15 is 0 Å². The molecule has 2 saturated heterocycles. The largest absolute Gasteiger partial charge is 0.472 e. The summed E-state index contributed by atoms with van der Waals surface area (Å²) in [7, 11) is -5.81. The van der Waals surface area contributed by atoms with E-state index in [0.29, 0.717) is 49.9 Å². The van der Waals surface area contributed by atoms with Gasteiger partial charge in [0.1, 0.15) is 92.6 Å². The second-order valence-corrected chi connectivity index (χ2v) is 38.6. The van der Waals surface area contributed by atoms with Crippen molar-refractivity contribution >= 4 is 31.7 Å². The lowest BCUT2D eigenvalue weighted by molar-refractivity contribution is -0.360. The lowest BCUT2D eigenvalue weighted by Gasteiger charge is -2.50. The third-order valence-corrected chi connectivity index (χ3v) is 26.5. The van der Waals surface area contributed by atoms with Gasteiger partial charge in [0.05, 0.1) is 13.2 Å². The van der Waals surface area contributed by atoms with Crippen LogP contribution in [0.1, 0.15) is 447 Å². The Kier molecular flexibility index (Phi) is 68.1. The molecule has 2 heterocycles. The van der Waals surface area contributed by atoms with Gasteiger partial charge < -0.3 is 88.7 Å². The van der Waals surface area contributed by atoms with Crippen molar-refractivity contribution in [2.45, 2.75) is 551 Å². The van der Waals surface area contributed by atoms with Gasteiger partial charge in [-0.3, -0.25) is 28.2 Å². The van der Waals surface area contributed by atoms with Gasteiger partial charge in [0.2, 0.25) is 0 Å². The molecule has 1 saturated carbocycles. The van der Waals surface area contributed by atoms with Crippen molar-refractivity contribution in [3.63, 3.8) is 0 Å². The highest BCUT2D eigenvalue weighted by Crippen LogP contribution is 2.49. The fourth-order valence-corrected chi connectivity index (χ4v) is 18.3. The predicted octanol–water partition coefficient (Wildman–Crippen LogP) is 19.7. The highest BCUT2D eigenvalue weighted by molar-refractivity contribution is 7.47. The summed E-state index contributed by atoms with van der Waals surface area (Å²) in [6.07, 6.45) is 27.9. The van der Waals surface area contributed by atoms with Crippen molar-refractivity contribution in [3.05, 3.63) is 0 Å². The summed E-state index contributed by atoms with van der Waals surface area (Å²) in [5.41, 5.74) is 0. The molecule has 3 aliphatic rings. The number of phosphoric acid groups is 1. The van der Waals surface area contributed by atoms with E-state index < -0.39 is 162 Å². The Morgan fingerprint density at radius 1 is 0.317 bits per heavy atom. The molecule has 0 aromatic carbocycles. The van der Waals surface area contributed by atoms with E-state index in [0.717, 1.165) is 128 Å². The van der Waals surface area contributed by atoms with Gasteiger partial charge in [-0.2, -0.15) is 0 Å². The first kappa shape index (κ1) is 115. The number of hydrogen-bond acceptors (Lipinski definition) is 24. The second-order valence-electron chi connectivity index (χ2n) is 37.2. The number of unbranched alkanes of at least 4 members (excludes halogenated alkanes) is 45. The molecule has 10 N–H and O–H groups in total. The van der Waals surface area contributed by atoms with Crippen LogP contribution in [-0.4, -0.2) is 205 Å². The van der Waals surface area contributed by atoms with Crippen LogP contribution in [-0.2, 0) is 70.7 Å². The third-order valence-electron chi connectivity index (χ3n) is 25.5. The molecular weight excluding hydrogens is 1600 g/mol. The third kappa shape index (κ3) is 53.5. The van der Waals surface area contributed by atoms with Crippen molar-refractivity contribution in [1.82, 2.24) is 0 Å². The summed E-state index contributed by atoms with van der Waals surface area (Å²) in [6.45, 7) is 12.6. The minimum Gasteiger partial charge on any atom is -0.463 e. The number of phosphoric ester groups is 1.